The number of rotatable bonds is 2. The normalized spacial score (nSPS) is 15.8. The van der Waals surface area contributed by atoms with E-state index in [0.717, 1.165) is 16.5 Å². The van der Waals surface area contributed by atoms with Gasteiger partial charge in [0.25, 0.3) is 5.56 Å². The lowest BCUT2D eigenvalue weighted by molar-refractivity contribution is 0.395. The van der Waals surface area contributed by atoms with E-state index in [1.165, 1.54) is 0 Å². The van der Waals surface area contributed by atoms with Crippen LogP contribution in [0.5, 0.6) is 11.5 Å². The number of fused-ring (bicyclic) bond motifs is 3. The Bertz CT molecular complexity index is 1200. The predicted octanol–water partition coefficient (Wildman–Crippen LogP) is 2.77. The number of hydrogen-bond donors (Lipinski definition) is 1. The van der Waals surface area contributed by atoms with Gasteiger partial charge in [-0.05, 0) is 29.8 Å². The third-order valence-corrected chi connectivity index (χ3v) is 4.89. The SMILES string of the molecule is COc1cccc([C@H]2C(C#N)=C(N)Oc3c2c(=O)n(C)c2ccccc32)c1. The minimum Gasteiger partial charge on any atom is -0.497 e. The predicted molar refractivity (Wildman–Crippen MR) is 101 cm³/mol. The van der Waals surface area contributed by atoms with E-state index in [-0.39, 0.29) is 17.0 Å². The highest BCUT2D eigenvalue weighted by Gasteiger charge is 2.35. The average molecular weight is 359 g/mol. The van der Waals surface area contributed by atoms with E-state index in [0.29, 0.717) is 17.1 Å². The molecule has 0 radical (unpaired) electrons. The van der Waals surface area contributed by atoms with Crippen LogP contribution in [0, 0.1) is 11.3 Å². The van der Waals surface area contributed by atoms with Crippen molar-refractivity contribution < 1.29 is 9.47 Å². The van der Waals surface area contributed by atoms with Crippen LogP contribution in [0.3, 0.4) is 0 Å². The van der Waals surface area contributed by atoms with Gasteiger partial charge in [0.05, 0.1) is 24.1 Å². The first kappa shape index (κ1) is 16.7. The van der Waals surface area contributed by atoms with E-state index < -0.39 is 5.92 Å². The van der Waals surface area contributed by atoms with Gasteiger partial charge in [0.15, 0.2) is 0 Å². The van der Waals surface area contributed by atoms with Crippen molar-refractivity contribution in [2.75, 3.05) is 7.11 Å². The van der Waals surface area contributed by atoms with Crippen LogP contribution < -0.4 is 20.8 Å². The van der Waals surface area contributed by atoms with Crippen molar-refractivity contribution in [2.24, 2.45) is 12.8 Å². The quantitative estimate of drug-likeness (QED) is 0.760. The molecule has 0 amide bonds. The fourth-order valence-corrected chi connectivity index (χ4v) is 3.58. The summed E-state index contributed by atoms with van der Waals surface area (Å²) in [5.74, 6) is 0.417. The van der Waals surface area contributed by atoms with Crippen LogP contribution in [0.2, 0.25) is 0 Å². The molecular weight excluding hydrogens is 342 g/mol. The summed E-state index contributed by atoms with van der Waals surface area (Å²) in [5, 5.41) is 10.5. The molecule has 6 heteroatoms. The number of pyridine rings is 1. The maximum absolute atomic E-state index is 13.2. The number of nitrogens with two attached hydrogens (primary N) is 1. The molecule has 0 saturated heterocycles. The van der Waals surface area contributed by atoms with Crippen LogP contribution in [0.15, 0.2) is 64.8 Å². The molecule has 2 heterocycles. The van der Waals surface area contributed by atoms with E-state index >= 15 is 0 Å². The second-order valence-electron chi connectivity index (χ2n) is 6.33. The maximum atomic E-state index is 13.2. The van der Waals surface area contributed by atoms with Crippen LogP contribution in [-0.2, 0) is 7.05 Å². The van der Waals surface area contributed by atoms with Crippen molar-refractivity contribution in [3.05, 3.63) is 81.5 Å². The summed E-state index contributed by atoms with van der Waals surface area (Å²) >= 11 is 0. The Balaban J connectivity index is 2.11. The smallest absolute Gasteiger partial charge is 0.258 e. The lowest BCUT2D eigenvalue weighted by atomic mass is 9.83. The minimum absolute atomic E-state index is 0.0104. The summed E-state index contributed by atoms with van der Waals surface area (Å²) in [5.41, 5.74) is 7.94. The van der Waals surface area contributed by atoms with E-state index in [2.05, 4.69) is 6.07 Å². The molecule has 4 rings (SSSR count). The number of nitrogens with zero attached hydrogens (tertiary/aromatic N) is 2. The number of para-hydroxylation sites is 1. The summed E-state index contributed by atoms with van der Waals surface area (Å²) in [6.45, 7) is 0. The zero-order valence-electron chi connectivity index (χ0n) is 14.9. The summed E-state index contributed by atoms with van der Waals surface area (Å²) in [4.78, 5) is 13.2. The standard InChI is InChI=1S/C21H17N3O3/c1-24-16-9-4-3-8-14(16)19-18(21(24)25)17(15(11-22)20(23)27-19)12-6-5-7-13(10-12)26-2/h3-10,17H,23H2,1-2H3/t17-/m0/s1. The molecule has 2 aromatic carbocycles. The van der Waals surface area contributed by atoms with Crippen LogP contribution in [0.4, 0.5) is 0 Å². The minimum atomic E-state index is -0.628. The van der Waals surface area contributed by atoms with Crippen molar-refractivity contribution in [1.82, 2.24) is 4.57 Å². The van der Waals surface area contributed by atoms with E-state index in [4.69, 9.17) is 15.2 Å². The zero-order valence-corrected chi connectivity index (χ0v) is 14.9. The average Bonchev–Trinajstić information content (AvgIpc) is 2.71. The van der Waals surface area contributed by atoms with Crippen molar-refractivity contribution in [3.63, 3.8) is 0 Å². The van der Waals surface area contributed by atoms with Crippen molar-refractivity contribution in [2.45, 2.75) is 5.92 Å². The van der Waals surface area contributed by atoms with Gasteiger partial charge in [-0.1, -0.05) is 24.3 Å². The van der Waals surface area contributed by atoms with Crippen LogP contribution in [-0.4, -0.2) is 11.7 Å². The fourth-order valence-electron chi connectivity index (χ4n) is 3.58. The van der Waals surface area contributed by atoms with Gasteiger partial charge in [-0.2, -0.15) is 5.26 Å². The number of benzene rings is 2. The van der Waals surface area contributed by atoms with Crippen LogP contribution >= 0.6 is 0 Å². The Hall–Kier alpha value is -3.72. The Morgan fingerprint density at radius 1 is 1.22 bits per heavy atom. The number of allylic oxidation sites excluding steroid dienone is 1. The molecule has 27 heavy (non-hydrogen) atoms. The number of aromatic nitrogens is 1. The summed E-state index contributed by atoms with van der Waals surface area (Å²) in [6.07, 6.45) is 0. The summed E-state index contributed by atoms with van der Waals surface area (Å²) in [7, 11) is 3.28. The molecule has 1 aliphatic heterocycles. The molecule has 0 saturated carbocycles. The largest absolute Gasteiger partial charge is 0.497 e. The Morgan fingerprint density at radius 3 is 2.74 bits per heavy atom. The monoisotopic (exact) mass is 359 g/mol. The first-order valence-electron chi connectivity index (χ1n) is 8.40. The number of aryl methyl sites for hydroxylation is 1. The topological polar surface area (TPSA) is 90.3 Å². The van der Waals surface area contributed by atoms with E-state index in [1.54, 1.807) is 30.9 Å². The lowest BCUT2D eigenvalue weighted by Gasteiger charge is -2.27. The summed E-state index contributed by atoms with van der Waals surface area (Å²) < 4.78 is 12.7. The molecule has 0 spiro atoms. The van der Waals surface area contributed by atoms with Crippen LogP contribution in [0.1, 0.15) is 17.0 Å². The molecule has 134 valence electrons. The second-order valence-corrected chi connectivity index (χ2v) is 6.33. The van der Waals surface area contributed by atoms with Gasteiger partial charge in [0.2, 0.25) is 5.88 Å². The summed E-state index contributed by atoms with van der Waals surface area (Å²) in [6, 6.07) is 16.8. The highest BCUT2D eigenvalue weighted by atomic mass is 16.5. The number of ether oxygens (including phenoxy) is 2. The molecule has 1 aliphatic rings. The number of nitriles is 1. The first-order valence-corrected chi connectivity index (χ1v) is 8.40. The van der Waals surface area contributed by atoms with E-state index in [9.17, 15) is 10.1 Å². The third kappa shape index (κ3) is 2.44. The highest BCUT2D eigenvalue weighted by Crippen LogP contribution is 2.43. The molecule has 0 bridgehead atoms. The second kappa shape index (κ2) is 6.22. The van der Waals surface area contributed by atoms with E-state index in [1.807, 2.05) is 36.4 Å². The van der Waals surface area contributed by atoms with Crippen molar-refractivity contribution in [3.8, 4) is 17.6 Å². The Kier molecular flexibility index (Phi) is 3.85. The van der Waals surface area contributed by atoms with Gasteiger partial charge in [0.1, 0.15) is 23.1 Å². The molecule has 3 aromatic rings. The van der Waals surface area contributed by atoms with Crippen molar-refractivity contribution in [1.29, 1.82) is 5.26 Å². The lowest BCUT2D eigenvalue weighted by Crippen LogP contribution is -2.31. The molecule has 1 atom stereocenters. The molecule has 1 aromatic heterocycles. The maximum Gasteiger partial charge on any atom is 0.258 e. The number of methoxy groups -OCH3 is 1. The van der Waals surface area contributed by atoms with Gasteiger partial charge in [-0.15, -0.1) is 0 Å². The number of hydrogen-bond acceptors (Lipinski definition) is 5. The van der Waals surface area contributed by atoms with Crippen LogP contribution in [0.25, 0.3) is 10.9 Å². The van der Waals surface area contributed by atoms with Gasteiger partial charge in [-0.3, -0.25) is 4.79 Å². The molecule has 2 N–H and O–H groups in total. The third-order valence-electron chi connectivity index (χ3n) is 4.89. The molecule has 0 unspecified atom stereocenters. The van der Waals surface area contributed by atoms with Gasteiger partial charge in [0, 0.05) is 12.4 Å². The molecular formula is C21H17N3O3. The molecule has 0 fully saturated rings. The zero-order chi connectivity index (χ0) is 19.1. The Labute approximate surface area is 155 Å². The molecule has 0 aliphatic carbocycles. The van der Waals surface area contributed by atoms with Gasteiger partial charge in [-0.25, -0.2) is 0 Å². The van der Waals surface area contributed by atoms with Crippen molar-refractivity contribution >= 4 is 10.9 Å². The molecule has 6 nitrogen and oxygen atoms in total. The highest BCUT2D eigenvalue weighted by molar-refractivity contribution is 5.88. The first-order chi connectivity index (χ1) is 13.1. The van der Waals surface area contributed by atoms with Gasteiger partial charge >= 0.3 is 0 Å². The Morgan fingerprint density at radius 2 is 2.00 bits per heavy atom. The van der Waals surface area contributed by atoms with Gasteiger partial charge < -0.3 is 19.8 Å². The fraction of sp³-hybridized carbons (Fsp3) is 0.143.